The lowest BCUT2D eigenvalue weighted by Crippen LogP contribution is -2.46. The lowest BCUT2D eigenvalue weighted by atomic mass is 10.0. The number of aromatic nitrogens is 1. The molecule has 2 amide bonds. The van der Waals surface area contributed by atoms with E-state index < -0.39 is 0 Å². The minimum absolute atomic E-state index is 0.0299. The van der Waals surface area contributed by atoms with Crippen LogP contribution in [0.4, 0.5) is 10.5 Å². The van der Waals surface area contributed by atoms with Crippen LogP contribution in [0.25, 0.3) is 0 Å². The van der Waals surface area contributed by atoms with Crippen LogP contribution >= 0.6 is 0 Å². The van der Waals surface area contributed by atoms with Gasteiger partial charge in [-0.2, -0.15) is 0 Å². The maximum atomic E-state index is 12.2. The molecule has 1 fully saturated rings. The summed E-state index contributed by atoms with van der Waals surface area (Å²) in [6.45, 7) is 2.45. The largest absolute Gasteiger partial charge is 0.324 e. The molecule has 2 N–H and O–H groups in total. The molecule has 0 spiro atoms. The van der Waals surface area contributed by atoms with Gasteiger partial charge in [-0.15, -0.1) is 0 Å². The molecule has 5 nitrogen and oxygen atoms in total. The van der Waals surface area contributed by atoms with E-state index in [4.69, 9.17) is 0 Å². The van der Waals surface area contributed by atoms with E-state index in [1.165, 1.54) is 5.56 Å². The quantitative estimate of drug-likeness (QED) is 0.913. The van der Waals surface area contributed by atoms with Crippen molar-refractivity contribution in [2.24, 2.45) is 0 Å². The van der Waals surface area contributed by atoms with Crippen molar-refractivity contribution >= 4 is 11.7 Å². The molecule has 1 aromatic carbocycles. The molecule has 0 aliphatic carbocycles. The molecular formula is C18H22N4O. The molecule has 3 rings (SSSR count). The van der Waals surface area contributed by atoms with Gasteiger partial charge in [-0.1, -0.05) is 30.3 Å². The van der Waals surface area contributed by atoms with E-state index in [1.54, 1.807) is 24.5 Å². The number of nitrogens with one attached hydrogen (secondary N) is 2. The normalized spacial score (nSPS) is 15.4. The van der Waals surface area contributed by atoms with E-state index in [1.807, 2.05) is 11.0 Å². The Bertz CT molecular complexity index is 609. The Hall–Kier alpha value is -2.40. The Morgan fingerprint density at radius 2 is 1.78 bits per heavy atom. The summed E-state index contributed by atoms with van der Waals surface area (Å²) in [5.74, 6) is 0. The van der Waals surface area contributed by atoms with E-state index in [0.29, 0.717) is 6.04 Å². The summed E-state index contributed by atoms with van der Waals surface area (Å²) in [7, 11) is 0. The number of urea groups is 1. The number of hydrogen-bond acceptors (Lipinski definition) is 3. The number of nitrogens with zero attached hydrogens (tertiary/aromatic N) is 2. The summed E-state index contributed by atoms with van der Waals surface area (Å²) < 4.78 is 0. The molecule has 5 heteroatoms. The Morgan fingerprint density at radius 3 is 2.48 bits per heavy atom. The predicted octanol–water partition coefficient (Wildman–Crippen LogP) is 2.87. The number of hydrogen-bond donors (Lipinski definition) is 2. The average molecular weight is 310 g/mol. The molecule has 1 aliphatic rings. The minimum Gasteiger partial charge on any atom is -0.324 e. The van der Waals surface area contributed by atoms with Gasteiger partial charge in [0.25, 0.3) is 0 Å². The highest BCUT2D eigenvalue weighted by molar-refractivity contribution is 5.89. The van der Waals surface area contributed by atoms with Crippen molar-refractivity contribution in [3.05, 3.63) is 60.4 Å². The summed E-state index contributed by atoms with van der Waals surface area (Å²) in [4.78, 5) is 18.1. The van der Waals surface area contributed by atoms with Crippen LogP contribution in [0.2, 0.25) is 0 Å². The Kier molecular flexibility index (Phi) is 5.21. The van der Waals surface area contributed by atoms with Crippen molar-refractivity contribution in [2.75, 3.05) is 18.4 Å². The molecule has 0 radical (unpaired) electrons. The first-order valence-corrected chi connectivity index (χ1v) is 8.04. The zero-order valence-corrected chi connectivity index (χ0v) is 13.1. The van der Waals surface area contributed by atoms with Crippen LogP contribution in [-0.4, -0.2) is 35.0 Å². The maximum absolute atomic E-state index is 12.2. The fourth-order valence-corrected chi connectivity index (χ4v) is 2.78. The molecular weight excluding hydrogens is 288 g/mol. The fraction of sp³-hybridized carbons (Fsp3) is 0.333. The molecule has 0 atom stereocenters. The van der Waals surface area contributed by atoms with Crippen molar-refractivity contribution in [2.45, 2.75) is 25.4 Å². The van der Waals surface area contributed by atoms with Crippen LogP contribution in [0.5, 0.6) is 0 Å². The minimum atomic E-state index is -0.0299. The molecule has 0 bridgehead atoms. The van der Waals surface area contributed by atoms with Gasteiger partial charge in [-0.3, -0.25) is 4.98 Å². The van der Waals surface area contributed by atoms with Crippen LogP contribution in [0, 0.1) is 0 Å². The first-order valence-electron chi connectivity index (χ1n) is 8.04. The van der Waals surface area contributed by atoms with Gasteiger partial charge in [-0.05, 0) is 30.5 Å². The number of benzene rings is 1. The number of pyridine rings is 1. The van der Waals surface area contributed by atoms with Crippen LogP contribution in [-0.2, 0) is 6.54 Å². The zero-order valence-electron chi connectivity index (χ0n) is 13.1. The molecule has 1 aromatic heterocycles. The molecule has 23 heavy (non-hydrogen) atoms. The summed E-state index contributed by atoms with van der Waals surface area (Å²) in [5, 5.41) is 6.49. The first kappa shape index (κ1) is 15.5. The van der Waals surface area contributed by atoms with Gasteiger partial charge in [0, 0.05) is 43.8 Å². The monoisotopic (exact) mass is 310 g/mol. The fourth-order valence-electron chi connectivity index (χ4n) is 2.78. The molecule has 2 heterocycles. The summed E-state index contributed by atoms with van der Waals surface area (Å²) >= 11 is 0. The van der Waals surface area contributed by atoms with E-state index in [2.05, 4.69) is 39.9 Å². The third-order valence-corrected chi connectivity index (χ3v) is 4.15. The van der Waals surface area contributed by atoms with Crippen molar-refractivity contribution in [3.8, 4) is 0 Å². The summed E-state index contributed by atoms with van der Waals surface area (Å²) in [6.07, 6.45) is 5.32. The lowest BCUT2D eigenvalue weighted by molar-refractivity contribution is 0.189. The number of carbonyl (C=O) groups is 1. The van der Waals surface area contributed by atoms with Crippen LogP contribution in [0.15, 0.2) is 54.9 Å². The molecule has 1 aliphatic heterocycles. The van der Waals surface area contributed by atoms with Crippen molar-refractivity contribution in [1.29, 1.82) is 0 Å². The van der Waals surface area contributed by atoms with E-state index >= 15 is 0 Å². The van der Waals surface area contributed by atoms with Gasteiger partial charge in [-0.25, -0.2) is 4.79 Å². The van der Waals surface area contributed by atoms with Crippen molar-refractivity contribution in [3.63, 3.8) is 0 Å². The van der Waals surface area contributed by atoms with Gasteiger partial charge in [0.1, 0.15) is 0 Å². The standard InChI is InChI=1S/C18H22N4O/c23-18(21-17-6-10-19-11-7-17)22-12-8-16(9-13-22)20-14-15-4-2-1-3-5-15/h1-7,10-11,16,20H,8-9,12-14H2,(H,19,21,23). The van der Waals surface area contributed by atoms with E-state index in [9.17, 15) is 4.79 Å². The third-order valence-electron chi connectivity index (χ3n) is 4.15. The predicted molar refractivity (Wildman–Crippen MR) is 91.1 cm³/mol. The number of likely N-dealkylation sites (tertiary alicyclic amines) is 1. The molecule has 2 aromatic rings. The molecule has 0 saturated carbocycles. The van der Waals surface area contributed by atoms with Gasteiger partial charge in [0.15, 0.2) is 0 Å². The lowest BCUT2D eigenvalue weighted by Gasteiger charge is -2.32. The topological polar surface area (TPSA) is 57.3 Å². The van der Waals surface area contributed by atoms with E-state index in [0.717, 1.165) is 38.2 Å². The third kappa shape index (κ3) is 4.53. The second kappa shape index (κ2) is 7.74. The van der Waals surface area contributed by atoms with Crippen LogP contribution in [0.3, 0.4) is 0 Å². The van der Waals surface area contributed by atoms with Gasteiger partial charge >= 0.3 is 6.03 Å². The van der Waals surface area contributed by atoms with Crippen molar-refractivity contribution < 1.29 is 4.79 Å². The average Bonchev–Trinajstić information content (AvgIpc) is 2.62. The summed E-state index contributed by atoms with van der Waals surface area (Å²) in [5.41, 5.74) is 2.08. The molecule has 1 saturated heterocycles. The SMILES string of the molecule is O=C(Nc1ccncc1)N1CCC(NCc2ccccc2)CC1. The molecule has 120 valence electrons. The van der Waals surface area contributed by atoms with Crippen molar-refractivity contribution in [1.82, 2.24) is 15.2 Å². The Morgan fingerprint density at radius 1 is 1.09 bits per heavy atom. The Labute approximate surface area is 136 Å². The second-order valence-corrected chi connectivity index (χ2v) is 5.79. The van der Waals surface area contributed by atoms with E-state index in [-0.39, 0.29) is 6.03 Å². The number of piperidine rings is 1. The highest BCUT2D eigenvalue weighted by Gasteiger charge is 2.22. The van der Waals surface area contributed by atoms with Crippen LogP contribution < -0.4 is 10.6 Å². The number of carbonyl (C=O) groups excluding carboxylic acids is 1. The highest BCUT2D eigenvalue weighted by Crippen LogP contribution is 2.13. The second-order valence-electron chi connectivity index (χ2n) is 5.79. The first-order chi connectivity index (χ1) is 11.3. The number of anilines is 1. The van der Waals surface area contributed by atoms with Crippen LogP contribution in [0.1, 0.15) is 18.4 Å². The maximum Gasteiger partial charge on any atom is 0.321 e. The molecule has 0 unspecified atom stereocenters. The summed E-state index contributed by atoms with van der Waals surface area (Å²) in [6, 6.07) is 14.4. The number of amides is 2. The van der Waals surface area contributed by atoms with Gasteiger partial charge < -0.3 is 15.5 Å². The zero-order chi connectivity index (χ0) is 15.9. The number of rotatable bonds is 4. The van der Waals surface area contributed by atoms with Gasteiger partial charge in [0.05, 0.1) is 0 Å². The Balaban J connectivity index is 1.42. The smallest absolute Gasteiger partial charge is 0.321 e. The van der Waals surface area contributed by atoms with Gasteiger partial charge in [0.2, 0.25) is 0 Å². The highest BCUT2D eigenvalue weighted by atomic mass is 16.2.